The largest absolute Gasteiger partial charge is 0.497 e. The molecule has 0 bridgehead atoms. The average molecular weight is 411 g/mol. The van der Waals surface area contributed by atoms with Gasteiger partial charge in [-0.3, -0.25) is 4.90 Å². The van der Waals surface area contributed by atoms with E-state index in [2.05, 4.69) is 52.8 Å². The first kappa shape index (κ1) is 22.0. The number of guanidine groups is 1. The molecule has 1 fully saturated rings. The van der Waals surface area contributed by atoms with Crippen LogP contribution < -0.4 is 20.1 Å². The van der Waals surface area contributed by atoms with Crippen LogP contribution in [0.1, 0.15) is 30.9 Å². The summed E-state index contributed by atoms with van der Waals surface area (Å²) in [6.45, 7) is 6.69. The fourth-order valence-electron chi connectivity index (χ4n) is 3.74. The Labute approximate surface area is 180 Å². The molecule has 1 aliphatic heterocycles. The van der Waals surface area contributed by atoms with Crippen LogP contribution in [0.3, 0.4) is 0 Å². The molecule has 1 saturated heterocycles. The quantitative estimate of drug-likeness (QED) is 0.516. The van der Waals surface area contributed by atoms with Crippen molar-refractivity contribution in [3.8, 4) is 11.5 Å². The van der Waals surface area contributed by atoms with Gasteiger partial charge in [-0.15, -0.1) is 0 Å². The van der Waals surface area contributed by atoms with Crippen molar-refractivity contribution in [2.75, 3.05) is 33.9 Å². The summed E-state index contributed by atoms with van der Waals surface area (Å²) in [6.07, 6.45) is 2.23. The van der Waals surface area contributed by atoms with E-state index in [1.807, 2.05) is 18.2 Å². The highest BCUT2D eigenvalue weighted by Crippen LogP contribution is 2.25. The number of piperidine rings is 1. The number of ether oxygens (including phenoxy) is 2. The van der Waals surface area contributed by atoms with Crippen LogP contribution in [0.2, 0.25) is 0 Å². The fraction of sp³-hybridized carbons (Fsp3) is 0.458. The minimum absolute atomic E-state index is 0.438. The SMILES string of the molecule is CCNC(=NCc1ccc(OC)cc1OC)NC1CCN(Cc2ccccc2)CC1. The average Bonchev–Trinajstić information content (AvgIpc) is 2.79. The Bertz CT molecular complexity index is 802. The molecule has 0 aromatic heterocycles. The Kier molecular flexibility index (Phi) is 8.39. The molecule has 3 rings (SSSR count). The van der Waals surface area contributed by atoms with E-state index in [1.165, 1.54) is 5.56 Å². The van der Waals surface area contributed by atoms with Crippen LogP contribution in [-0.2, 0) is 13.1 Å². The predicted molar refractivity (Wildman–Crippen MR) is 122 cm³/mol. The van der Waals surface area contributed by atoms with Crippen LogP contribution >= 0.6 is 0 Å². The second kappa shape index (κ2) is 11.5. The lowest BCUT2D eigenvalue weighted by Gasteiger charge is -2.33. The molecule has 2 aromatic carbocycles. The first-order valence-electron chi connectivity index (χ1n) is 10.7. The van der Waals surface area contributed by atoms with Crippen molar-refractivity contribution in [2.45, 2.75) is 38.9 Å². The van der Waals surface area contributed by atoms with Crippen molar-refractivity contribution in [3.63, 3.8) is 0 Å². The second-order valence-electron chi connectivity index (χ2n) is 7.55. The summed E-state index contributed by atoms with van der Waals surface area (Å²) in [5, 5.41) is 6.99. The molecular weight excluding hydrogens is 376 g/mol. The van der Waals surface area contributed by atoms with Crippen LogP contribution in [0.15, 0.2) is 53.5 Å². The van der Waals surface area contributed by atoms with Crippen LogP contribution in [0, 0.1) is 0 Å². The lowest BCUT2D eigenvalue weighted by molar-refractivity contribution is 0.198. The highest BCUT2D eigenvalue weighted by Gasteiger charge is 2.20. The number of aliphatic imine (C=N–C) groups is 1. The van der Waals surface area contributed by atoms with Crippen LogP contribution in [-0.4, -0.2) is 50.8 Å². The van der Waals surface area contributed by atoms with Gasteiger partial charge in [0.05, 0.1) is 20.8 Å². The van der Waals surface area contributed by atoms with Crippen molar-refractivity contribution in [1.82, 2.24) is 15.5 Å². The summed E-state index contributed by atoms with van der Waals surface area (Å²) in [7, 11) is 3.33. The molecule has 1 heterocycles. The molecule has 1 aliphatic rings. The number of likely N-dealkylation sites (tertiary alicyclic amines) is 1. The van der Waals surface area contributed by atoms with Crippen LogP contribution in [0.4, 0.5) is 0 Å². The third kappa shape index (κ3) is 6.39. The minimum Gasteiger partial charge on any atom is -0.497 e. The Balaban J connectivity index is 1.54. The number of hydrogen-bond donors (Lipinski definition) is 2. The van der Waals surface area contributed by atoms with Crippen molar-refractivity contribution < 1.29 is 9.47 Å². The first-order chi connectivity index (χ1) is 14.7. The number of nitrogens with zero attached hydrogens (tertiary/aromatic N) is 2. The van der Waals surface area contributed by atoms with Gasteiger partial charge in [0.1, 0.15) is 11.5 Å². The summed E-state index contributed by atoms with van der Waals surface area (Å²) < 4.78 is 10.8. The monoisotopic (exact) mass is 410 g/mol. The molecule has 2 N–H and O–H groups in total. The maximum Gasteiger partial charge on any atom is 0.191 e. The van der Waals surface area contributed by atoms with Gasteiger partial charge in [-0.25, -0.2) is 4.99 Å². The van der Waals surface area contributed by atoms with Crippen LogP contribution in [0.25, 0.3) is 0 Å². The third-order valence-electron chi connectivity index (χ3n) is 5.42. The molecule has 0 aliphatic carbocycles. The van der Waals surface area contributed by atoms with Crippen molar-refractivity contribution in [2.24, 2.45) is 4.99 Å². The Morgan fingerprint density at radius 2 is 1.83 bits per heavy atom. The van der Waals surface area contributed by atoms with E-state index < -0.39 is 0 Å². The van der Waals surface area contributed by atoms with Gasteiger partial charge >= 0.3 is 0 Å². The summed E-state index contributed by atoms with van der Waals surface area (Å²) >= 11 is 0. The van der Waals surface area contributed by atoms with E-state index >= 15 is 0 Å². The Morgan fingerprint density at radius 3 is 2.50 bits per heavy atom. The molecule has 2 aromatic rings. The summed E-state index contributed by atoms with van der Waals surface area (Å²) in [6, 6.07) is 17.0. The zero-order valence-electron chi connectivity index (χ0n) is 18.4. The van der Waals surface area contributed by atoms with Gasteiger partial charge in [0, 0.05) is 43.9 Å². The fourth-order valence-corrected chi connectivity index (χ4v) is 3.74. The number of methoxy groups -OCH3 is 2. The Hall–Kier alpha value is -2.73. The molecule has 0 saturated carbocycles. The molecule has 30 heavy (non-hydrogen) atoms. The van der Waals surface area contributed by atoms with Gasteiger partial charge in [0.25, 0.3) is 0 Å². The number of hydrogen-bond acceptors (Lipinski definition) is 4. The number of rotatable bonds is 8. The predicted octanol–water partition coefficient (Wildman–Crippen LogP) is 3.42. The highest BCUT2D eigenvalue weighted by atomic mass is 16.5. The van der Waals surface area contributed by atoms with Crippen LogP contribution in [0.5, 0.6) is 11.5 Å². The van der Waals surface area contributed by atoms with Crippen molar-refractivity contribution >= 4 is 5.96 Å². The molecule has 0 amide bonds. The molecule has 6 heteroatoms. The minimum atomic E-state index is 0.438. The topological polar surface area (TPSA) is 58.1 Å². The van der Waals surface area contributed by atoms with Gasteiger partial charge in [-0.1, -0.05) is 30.3 Å². The molecular formula is C24H34N4O2. The lowest BCUT2D eigenvalue weighted by atomic mass is 10.0. The van der Waals surface area contributed by atoms with E-state index in [9.17, 15) is 0 Å². The summed E-state index contributed by atoms with van der Waals surface area (Å²) in [5.41, 5.74) is 2.42. The standard InChI is InChI=1S/C24H34N4O2/c1-4-25-24(26-17-20-10-11-22(29-2)16-23(20)30-3)27-21-12-14-28(15-13-21)18-19-8-6-5-7-9-19/h5-11,16,21H,4,12-15,17-18H2,1-3H3,(H2,25,26,27). The first-order valence-corrected chi connectivity index (χ1v) is 10.7. The molecule has 6 nitrogen and oxygen atoms in total. The van der Waals surface area contributed by atoms with Crippen molar-refractivity contribution in [1.29, 1.82) is 0 Å². The van der Waals surface area contributed by atoms with E-state index in [1.54, 1.807) is 14.2 Å². The van der Waals surface area contributed by atoms with E-state index in [-0.39, 0.29) is 0 Å². The Morgan fingerprint density at radius 1 is 1.07 bits per heavy atom. The smallest absolute Gasteiger partial charge is 0.191 e. The highest BCUT2D eigenvalue weighted by molar-refractivity contribution is 5.80. The number of benzene rings is 2. The maximum atomic E-state index is 5.50. The van der Waals surface area contributed by atoms with Gasteiger partial charge in [-0.2, -0.15) is 0 Å². The van der Waals surface area contributed by atoms with Gasteiger partial charge in [0.2, 0.25) is 0 Å². The zero-order valence-corrected chi connectivity index (χ0v) is 18.4. The lowest BCUT2D eigenvalue weighted by Crippen LogP contribution is -2.48. The van der Waals surface area contributed by atoms with Crippen molar-refractivity contribution in [3.05, 3.63) is 59.7 Å². The zero-order chi connectivity index (χ0) is 21.2. The van der Waals surface area contributed by atoms with E-state index in [0.717, 1.165) is 62.0 Å². The molecule has 0 spiro atoms. The molecule has 0 atom stereocenters. The summed E-state index contributed by atoms with van der Waals surface area (Å²) in [4.78, 5) is 7.32. The van der Waals surface area contributed by atoms with Gasteiger partial charge < -0.3 is 20.1 Å². The second-order valence-corrected chi connectivity index (χ2v) is 7.55. The molecule has 0 radical (unpaired) electrons. The maximum absolute atomic E-state index is 5.50. The van der Waals surface area contributed by atoms with Gasteiger partial charge in [-0.05, 0) is 37.5 Å². The normalized spacial score (nSPS) is 15.6. The van der Waals surface area contributed by atoms with E-state index in [0.29, 0.717) is 12.6 Å². The third-order valence-corrected chi connectivity index (χ3v) is 5.42. The molecule has 162 valence electrons. The summed E-state index contributed by atoms with van der Waals surface area (Å²) in [5.74, 6) is 2.44. The number of nitrogens with one attached hydrogen (secondary N) is 2. The van der Waals surface area contributed by atoms with E-state index in [4.69, 9.17) is 14.5 Å². The van der Waals surface area contributed by atoms with Gasteiger partial charge in [0.15, 0.2) is 5.96 Å². The molecule has 0 unspecified atom stereocenters.